The molecule has 3 rings (SSSR count). The smallest absolute Gasteiger partial charge is 0.338 e. The van der Waals surface area contributed by atoms with E-state index in [-0.39, 0.29) is 22.9 Å². The number of sulfonamides is 1. The van der Waals surface area contributed by atoms with Gasteiger partial charge in [0, 0.05) is 13.1 Å². The molecule has 3 aromatic rings. The quantitative estimate of drug-likeness (QED) is 0.515. The lowest BCUT2D eigenvalue weighted by molar-refractivity contribution is 0.0459. The number of rotatable bonds is 8. The predicted octanol–water partition coefficient (Wildman–Crippen LogP) is 3.19. The summed E-state index contributed by atoms with van der Waals surface area (Å²) < 4.78 is 36.9. The first-order valence-corrected chi connectivity index (χ1v) is 10.9. The van der Waals surface area contributed by atoms with Gasteiger partial charge in [-0.05, 0) is 29.6 Å². The second-order valence-electron chi connectivity index (χ2n) is 5.69. The van der Waals surface area contributed by atoms with Gasteiger partial charge < -0.3 is 9.26 Å². The first-order valence-electron chi connectivity index (χ1n) is 8.59. The van der Waals surface area contributed by atoms with Crippen molar-refractivity contribution in [1.82, 2.24) is 14.4 Å². The van der Waals surface area contributed by atoms with Crippen molar-refractivity contribution in [2.45, 2.75) is 25.3 Å². The van der Waals surface area contributed by atoms with Crippen LogP contribution in [0.1, 0.15) is 30.0 Å². The van der Waals surface area contributed by atoms with Crippen molar-refractivity contribution >= 4 is 27.3 Å². The normalized spacial score (nSPS) is 11.7. The van der Waals surface area contributed by atoms with Crippen LogP contribution in [0, 0.1) is 0 Å². The molecule has 1 aromatic carbocycles. The maximum absolute atomic E-state index is 12.6. The standard InChI is InChI=1S/C18H19N3O5S2/c1-3-21(4-2)28(23,24)14-8-5-7-13(11-14)18(22)25-12-16-19-17(26-20-16)15-9-6-10-27-15/h5-11H,3-4,12H2,1-2H3. The molecule has 0 unspecified atom stereocenters. The maximum Gasteiger partial charge on any atom is 0.338 e. The van der Waals surface area contributed by atoms with Crippen molar-refractivity contribution < 1.29 is 22.5 Å². The lowest BCUT2D eigenvalue weighted by atomic mass is 10.2. The van der Waals surface area contributed by atoms with Gasteiger partial charge in [-0.25, -0.2) is 13.2 Å². The Labute approximate surface area is 166 Å². The molecule has 0 atom stereocenters. The van der Waals surface area contributed by atoms with E-state index in [2.05, 4.69) is 10.1 Å². The highest BCUT2D eigenvalue weighted by Crippen LogP contribution is 2.23. The Hall–Kier alpha value is -2.56. The molecule has 0 saturated heterocycles. The minimum Gasteiger partial charge on any atom is -0.454 e. The average molecular weight is 422 g/mol. The van der Waals surface area contributed by atoms with Gasteiger partial charge in [0.25, 0.3) is 5.89 Å². The Bertz CT molecular complexity index is 1040. The third-order valence-electron chi connectivity index (χ3n) is 3.95. The zero-order chi connectivity index (χ0) is 20.1. The SMILES string of the molecule is CCN(CC)S(=O)(=O)c1cccc(C(=O)OCc2noc(-c3cccs3)n2)c1. The Morgan fingerprint density at radius 3 is 2.68 bits per heavy atom. The zero-order valence-corrected chi connectivity index (χ0v) is 17.0. The second kappa shape index (κ2) is 8.63. The van der Waals surface area contributed by atoms with Crippen LogP contribution in [-0.2, 0) is 21.4 Å². The van der Waals surface area contributed by atoms with Crippen molar-refractivity contribution in [1.29, 1.82) is 0 Å². The summed E-state index contributed by atoms with van der Waals surface area (Å²) in [5.41, 5.74) is 0.134. The summed E-state index contributed by atoms with van der Waals surface area (Å²) in [5, 5.41) is 5.67. The van der Waals surface area contributed by atoms with Gasteiger partial charge in [-0.3, -0.25) is 0 Å². The van der Waals surface area contributed by atoms with Crippen LogP contribution in [-0.4, -0.2) is 41.9 Å². The first kappa shape index (κ1) is 20.2. The zero-order valence-electron chi connectivity index (χ0n) is 15.4. The Kier molecular flexibility index (Phi) is 6.22. The van der Waals surface area contributed by atoms with E-state index in [9.17, 15) is 13.2 Å². The first-order chi connectivity index (χ1) is 13.5. The highest BCUT2D eigenvalue weighted by Gasteiger charge is 2.23. The van der Waals surface area contributed by atoms with Crippen LogP contribution >= 0.6 is 11.3 Å². The van der Waals surface area contributed by atoms with E-state index < -0.39 is 16.0 Å². The van der Waals surface area contributed by atoms with Crippen molar-refractivity contribution in [2.24, 2.45) is 0 Å². The number of carbonyl (C=O) groups is 1. The topological polar surface area (TPSA) is 103 Å². The molecule has 0 amide bonds. The molecule has 8 nitrogen and oxygen atoms in total. The molecule has 0 spiro atoms. The largest absolute Gasteiger partial charge is 0.454 e. The molecule has 0 aliphatic carbocycles. The number of nitrogens with zero attached hydrogens (tertiary/aromatic N) is 3. The summed E-state index contributed by atoms with van der Waals surface area (Å²) in [4.78, 5) is 17.4. The van der Waals surface area contributed by atoms with E-state index in [4.69, 9.17) is 9.26 Å². The van der Waals surface area contributed by atoms with Crippen LogP contribution < -0.4 is 0 Å². The summed E-state index contributed by atoms with van der Waals surface area (Å²) in [5.74, 6) is -0.0869. The molecule has 28 heavy (non-hydrogen) atoms. The highest BCUT2D eigenvalue weighted by atomic mass is 32.2. The molecule has 0 bridgehead atoms. The van der Waals surface area contributed by atoms with E-state index in [1.165, 1.54) is 39.9 Å². The third-order valence-corrected chi connectivity index (χ3v) is 6.85. The van der Waals surface area contributed by atoms with Crippen LogP contribution in [0.4, 0.5) is 0 Å². The van der Waals surface area contributed by atoms with Crippen LogP contribution in [0.3, 0.4) is 0 Å². The Balaban J connectivity index is 1.70. The van der Waals surface area contributed by atoms with Crippen LogP contribution in [0.5, 0.6) is 0 Å². The minimum atomic E-state index is -3.66. The molecule has 0 aliphatic heterocycles. The van der Waals surface area contributed by atoms with Crippen LogP contribution in [0.15, 0.2) is 51.2 Å². The van der Waals surface area contributed by atoms with E-state index in [1.807, 2.05) is 17.5 Å². The molecule has 0 aliphatic rings. The van der Waals surface area contributed by atoms with Crippen molar-refractivity contribution in [2.75, 3.05) is 13.1 Å². The molecule has 2 aromatic heterocycles. The maximum atomic E-state index is 12.6. The van der Waals surface area contributed by atoms with Gasteiger partial charge in [-0.1, -0.05) is 31.1 Å². The molecular weight excluding hydrogens is 402 g/mol. The summed E-state index contributed by atoms with van der Waals surface area (Å²) in [6, 6.07) is 9.48. The van der Waals surface area contributed by atoms with E-state index in [0.717, 1.165) is 4.88 Å². The third kappa shape index (κ3) is 4.29. The molecular formula is C18H19N3O5S2. The number of carbonyl (C=O) groups excluding carboxylic acids is 1. The molecule has 148 valence electrons. The van der Waals surface area contributed by atoms with Gasteiger partial charge in [-0.15, -0.1) is 11.3 Å². The number of aromatic nitrogens is 2. The van der Waals surface area contributed by atoms with Gasteiger partial charge >= 0.3 is 5.97 Å². The van der Waals surface area contributed by atoms with Gasteiger partial charge in [0.05, 0.1) is 15.3 Å². The van der Waals surface area contributed by atoms with E-state index in [0.29, 0.717) is 19.0 Å². The van der Waals surface area contributed by atoms with Gasteiger partial charge in [0.15, 0.2) is 6.61 Å². The van der Waals surface area contributed by atoms with Gasteiger partial charge in [0.1, 0.15) is 0 Å². The molecule has 0 saturated carbocycles. The average Bonchev–Trinajstić information content (AvgIpc) is 3.38. The van der Waals surface area contributed by atoms with Gasteiger partial charge in [-0.2, -0.15) is 9.29 Å². The molecule has 0 fully saturated rings. The Morgan fingerprint density at radius 1 is 1.21 bits per heavy atom. The monoisotopic (exact) mass is 421 g/mol. The van der Waals surface area contributed by atoms with Crippen LogP contribution in [0.2, 0.25) is 0 Å². The fourth-order valence-electron chi connectivity index (χ4n) is 2.52. The minimum absolute atomic E-state index is 0.0465. The lowest BCUT2D eigenvalue weighted by Crippen LogP contribution is -2.30. The number of hydrogen-bond donors (Lipinski definition) is 0. The fraction of sp³-hybridized carbons (Fsp3) is 0.278. The molecule has 2 heterocycles. The van der Waals surface area contributed by atoms with E-state index >= 15 is 0 Å². The number of hydrogen-bond acceptors (Lipinski definition) is 8. The van der Waals surface area contributed by atoms with Crippen LogP contribution in [0.25, 0.3) is 10.8 Å². The molecule has 0 N–H and O–H groups in total. The number of benzene rings is 1. The Morgan fingerprint density at radius 2 is 2.00 bits per heavy atom. The number of esters is 1. The van der Waals surface area contributed by atoms with Crippen molar-refractivity contribution in [3.63, 3.8) is 0 Å². The fourth-order valence-corrected chi connectivity index (χ4v) is 4.67. The second-order valence-corrected chi connectivity index (χ2v) is 8.57. The van der Waals surface area contributed by atoms with Crippen molar-refractivity contribution in [3.8, 4) is 10.8 Å². The molecule has 10 heteroatoms. The summed E-state index contributed by atoms with van der Waals surface area (Å²) in [7, 11) is -3.66. The highest BCUT2D eigenvalue weighted by molar-refractivity contribution is 7.89. The number of ether oxygens (including phenoxy) is 1. The summed E-state index contributed by atoms with van der Waals surface area (Å²) >= 11 is 1.46. The molecule has 0 radical (unpaired) electrons. The number of thiophene rings is 1. The van der Waals surface area contributed by atoms with E-state index in [1.54, 1.807) is 13.8 Å². The summed E-state index contributed by atoms with van der Waals surface area (Å²) in [6.07, 6.45) is 0. The van der Waals surface area contributed by atoms with Crippen molar-refractivity contribution in [3.05, 3.63) is 53.2 Å². The summed E-state index contributed by atoms with van der Waals surface area (Å²) in [6.45, 7) is 4.03. The lowest BCUT2D eigenvalue weighted by Gasteiger charge is -2.18. The predicted molar refractivity (Wildman–Crippen MR) is 103 cm³/mol. The van der Waals surface area contributed by atoms with Gasteiger partial charge in [0.2, 0.25) is 15.8 Å².